The van der Waals surface area contributed by atoms with Crippen LogP contribution in [0.1, 0.15) is 68.8 Å². The number of hydrogen-bond donors (Lipinski definition) is 1. The second-order valence-electron chi connectivity index (χ2n) is 8.02. The topological polar surface area (TPSA) is 62.6 Å². The third kappa shape index (κ3) is 5.96. The van der Waals surface area contributed by atoms with Gasteiger partial charge in [0.2, 0.25) is 5.91 Å². The molecule has 1 N–H and O–H groups in total. The zero-order valence-corrected chi connectivity index (χ0v) is 17.6. The van der Waals surface area contributed by atoms with Crippen molar-refractivity contribution in [1.82, 2.24) is 4.90 Å². The van der Waals surface area contributed by atoms with E-state index in [-0.39, 0.29) is 11.8 Å². The van der Waals surface area contributed by atoms with Crippen LogP contribution < -0.4 is 5.32 Å². The number of anilines is 1. The van der Waals surface area contributed by atoms with Crippen LogP contribution in [0.15, 0.2) is 40.8 Å². The summed E-state index contributed by atoms with van der Waals surface area (Å²) in [4.78, 5) is 26.1. The molecular formula is C24H32N2O3. The van der Waals surface area contributed by atoms with E-state index < -0.39 is 0 Å². The minimum Gasteiger partial charge on any atom is -0.451 e. The first-order valence-electron chi connectivity index (χ1n) is 10.8. The molecule has 3 rings (SSSR count). The number of carbonyl (C=O) groups is 2. The lowest BCUT2D eigenvalue weighted by atomic mass is 9.86. The number of nitrogens with one attached hydrogen (secondary N) is 1. The molecule has 29 heavy (non-hydrogen) atoms. The zero-order valence-electron chi connectivity index (χ0n) is 17.6. The number of rotatable bonds is 8. The van der Waals surface area contributed by atoms with E-state index in [4.69, 9.17) is 4.42 Å². The number of carbonyl (C=O) groups excluding carboxylic acids is 2. The van der Waals surface area contributed by atoms with Crippen molar-refractivity contribution in [2.24, 2.45) is 5.92 Å². The molecule has 1 saturated carbocycles. The van der Waals surface area contributed by atoms with Crippen LogP contribution in [0.25, 0.3) is 11.3 Å². The van der Waals surface area contributed by atoms with Crippen molar-refractivity contribution < 1.29 is 14.0 Å². The summed E-state index contributed by atoms with van der Waals surface area (Å²) < 4.78 is 5.83. The minimum atomic E-state index is -0.0877. The van der Waals surface area contributed by atoms with Gasteiger partial charge >= 0.3 is 0 Å². The molecule has 0 unspecified atom stereocenters. The standard InChI is InChI=1S/C24H32N2O3/c1-3-23(27)25-20-13-7-12-19(17-20)21-14-15-22(29-21)24(28)26(2)16-8-11-18-9-5-4-6-10-18/h7,12-15,17-18H,3-6,8-11,16H2,1-2H3,(H,25,27). The third-order valence-electron chi connectivity index (χ3n) is 5.75. The zero-order chi connectivity index (χ0) is 20.6. The summed E-state index contributed by atoms with van der Waals surface area (Å²) >= 11 is 0. The van der Waals surface area contributed by atoms with Gasteiger partial charge in [0.05, 0.1) is 0 Å². The highest BCUT2D eigenvalue weighted by Gasteiger charge is 2.18. The van der Waals surface area contributed by atoms with Crippen molar-refractivity contribution in [3.05, 3.63) is 42.2 Å². The molecular weight excluding hydrogens is 364 g/mol. The predicted octanol–water partition coefficient (Wildman–Crippen LogP) is 5.73. The Labute approximate surface area is 173 Å². The molecule has 0 saturated heterocycles. The van der Waals surface area contributed by atoms with Crippen LogP contribution >= 0.6 is 0 Å². The smallest absolute Gasteiger partial charge is 0.289 e. The summed E-state index contributed by atoms with van der Waals surface area (Å²) in [6, 6.07) is 11.0. The Kier molecular flexibility index (Phi) is 7.50. The molecule has 1 aromatic heterocycles. The summed E-state index contributed by atoms with van der Waals surface area (Å²) in [6.07, 6.45) is 9.46. The van der Waals surface area contributed by atoms with Gasteiger partial charge in [0, 0.05) is 31.3 Å². The molecule has 0 spiro atoms. The maximum atomic E-state index is 12.7. The fraction of sp³-hybridized carbons (Fsp3) is 0.500. The maximum absolute atomic E-state index is 12.7. The van der Waals surface area contributed by atoms with Crippen LogP contribution in [0.5, 0.6) is 0 Å². The Morgan fingerprint density at radius 2 is 1.93 bits per heavy atom. The van der Waals surface area contributed by atoms with Crippen LogP contribution in [0.2, 0.25) is 0 Å². The van der Waals surface area contributed by atoms with Crippen molar-refractivity contribution in [3.8, 4) is 11.3 Å². The van der Waals surface area contributed by atoms with Crippen LogP contribution in [0.3, 0.4) is 0 Å². The van der Waals surface area contributed by atoms with Gasteiger partial charge in [-0.15, -0.1) is 0 Å². The average Bonchev–Trinajstić information content (AvgIpc) is 3.24. The first kappa shape index (κ1) is 21.2. The predicted molar refractivity (Wildman–Crippen MR) is 116 cm³/mol. The van der Waals surface area contributed by atoms with Gasteiger partial charge in [0.25, 0.3) is 5.91 Å². The Hall–Kier alpha value is -2.56. The van der Waals surface area contributed by atoms with E-state index in [0.717, 1.165) is 30.1 Å². The largest absolute Gasteiger partial charge is 0.451 e. The third-order valence-corrected chi connectivity index (χ3v) is 5.75. The molecule has 1 fully saturated rings. The lowest BCUT2D eigenvalue weighted by molar-refractivity contribution is -0.115. The molecule has 0 bridgehead atoms. The normalized spacial score (nSPS) is 14.6. The van der Waals surface area contributed by atoms with Gasteiger partial charge in [-0.25, -0.2) is 0 Å². The lowest BCUT2D eigenvalue weighted by Crippen LogP contribution is -2.27. The molecule has 5 nitrogen and oxygen atoms in total. The lowest BCUT2D eigenvalue weighted by Gasteiger charge is -2.22. The molecule has 0 radical (unpaired) electrons. The SMILES string of the molecule is CCC(=O)Nc1cccc(-c2ccc(C(=O)N(C)CCCC3CCCCC3)o2)c1. The summed E-state index contributed by atoms with van der Waals surface area (Å²) in [7, 11) is 1.84. The number of amides is 2. The molecule has 156 valence electrons. The Balaban J connectivity index is 1.56. The summed E-state index contributed by atoms with van der Waals surface area (Å²) in [6.45, 7) is 2.57. The average molecular weight is 397 g/mol. The van der Waals surface area contributed by atoms with Crippen molar-refractivity contribution >= 4 is 17.5 Å². The Morgan fingerprint density at radius 3 is 2.69 bits per heavy atom. The highest BCUT2D eigenvalue weighted by atomic mass is 16.4. The van der Waals surface area contributed by atoms with Gasteiger partial charge in [-0.3, -0.25) is 9.59 Å². The highest BCUT2D eigenvalue weighted by Crippen LogP contribution is 2.28. The van der Waals surface area contributed by atoms with E-state index in [1.54, 1.807) is 11.0 Å². The van der Waals surface area contributed by atoms with Gasteiger partial charge in [-0.1, -0.05) is 51.2 Å². The van der Waals surface area contributed by atoms with Crippen molar-refractivity contribution in [3.63, 3.8) is 0 Å². The van der Waals surface area contributed by atoms with Crippen molar-refractivity contribution in [2.45, 2.75) is 58.3 Å². The summed E-state index contributed by atoms with van der Waals surface area (Å²) in [5.41, 5.74) is 1.55. The molecule has 5 heteroatoms. The highest BCUT2D eigenvalue weighted by molar-refractivity contribution is 5.92. The Morgan fingerprint density at radius 1 is 1.14 bits per heavy atom. The van der Waals surface area contributed by atoms with Crippen LogP contribution in [0.4, 0.5) is 5.69 Å². The van der Waals surface area contributed by atoms with Gasteiger partial charge < -0.3 is 14.6 Å². The van der Waals surface area contributed by atoms with Gasteiger partial charge in [0.15, 0.2) is 5.76 Å². The molecule has 1 aromatic carbocycles. The number of hydrogen-bond acceptors (Lipinski definition) is 3. The quantitative estimate of drug-likeness (QED) is 0.620. The van der Waals surface area contributed by atoms with Gasteiger partial charge in [-0.2, -0.15) is 0 Å². The number of benzene rings is 1. The van der Waals surface area contributed by atoms with E-state index in [9.17, 15) is 9.59 Å². The van der Waals surface area contributed by atoms with Gasteiger partial charge in [0.1, 0.15) is 5.76 Å². The van der Waals surface area contributed by atoms with Crippen LogP contribution in [-0.4, -0.2) is 30.3 Å². The second-order valence-corrected chi connectivity index (χ2v) is 8.02. The molecule has 1 aliphatic rings. The van der Waals surface area contributed by atoms with Crippen LogP contribution in [-0.2, 0) is 4.79 Å². The van der Waals surface area contributed by atoms with Crippen molar-refractivity contribution in [1.29, 1.82) is 0 Å². The molecule has 1 heterocycles. The first-order valence-corrected chi connectivity index (χ1v) is 10.8. The summed E-state index contributed by atoms with van der Waals surface area (Å²) in [5.74, 6) is 1.69. The molecule has 2 aromatic rings. The van der Waals surface area contributed by atoms with E-state index in [0.29, 0.717) is 17.9 Å². The maximum Gasteiger partial charge on any atom is 0.289 e. The fourth-order valence-corrected chi connectivity index (χ4v) is 3.99. The monoisotopic (exact) mass is 396 g/mol. The van der Waals surface area contributed by atoms with Gasteiger partial charge in [-0.05, 0) is 43.0 Å². The van der Waals surface area contributed by atoms with E-state index in [1.807, 2.05) is 44.3 Å². The van der Waals surface area contributed by atoms with E-state index >= 15 is 0 Å². The molecule has 2 amide bonds. The van der Waals surface area contributed by atoms with Crippen LogP contribution in [0, 0.1) is 5.92 Å². The van der Waals surface area contributed by atoms with E-state index in [1.165, 1.54) is 38.5 Å². The molecule has 1 aliphatic carbocycles. The molecule has 0 atom stereocenters. The Bertz CT molecular complexity index is 821. The summed E-state index contributed by atoms with van der Waals surface area (Å²) in [5, 5.41) is 2.84. The second kappa shape index (κ2) is 10.3. The first-order chi connectivity index (χ1) is 14.1. The molecule has 0 aliphatic heterocycles. The van der Waals surface area contributed by atoms with Crippen molar-refractivity contribution in [2.75, 3.05) is 18.9 Å². The van der Waals surface area contributed by atoms with E-state index in [2.05, 4.69) is 5.32 Å². The fourth-order valence-electron chi connectivity index (χ4n) is 3.99. The number of nitrogens with zero attached hydrogens (tertiary/aromatic N) is 1. The number of furan rings is 1. The minimum absolute atomic E-state index is 0.0349.